The zero-order valence-electron chi connectivity index (χ0n) is 9.10. The summed E-state index contributed by atoms with van der Waals surface area (Å²) >= 11 is 6.15. The van der Waals surface area contributed by atoms with Crippen LogP contribution in [0, 0.1) is 0 Å². The minimum atomic E-state index is 0.695. The van der Waals surface area contributed by atoms with Crippen molar-refractivity contribution < 1.29 is 0 Å². The van der Waals surface area contributed by atoms with Gasteiger partial charge in [-0.15, -0.1) is 0 Å². The molecule has 17 heavy (non-hydrogen) atoms. The van der Waals surface area contributed by atoms with Gasteiger partial charge in [-0.05, 0) is 23.3 Å². The second-order valence-electron chi connectivity index (χ2n) is 3.86. The monoisotopic (exact) mass is 239 g/mol. The van der Waals surface area contributed by atoms with Crippen LogP contribution in [0.1, 0.15) is 0 Å². The van der Waals surface area contributed by atoms with Crippen LogP contribution in [0.15, 0.2) is 60.8 Å². The molecule has 0 aliphatic heterocycles. The number of benzene rings is 2. The third-order valence-corrected chi connectivity index (χ3v) is 3.11. The number of hydrogen-bond donors (Lipinski definition) is 0. The number of halogens is 1. The lowest BCUT2D eigenvalue weighted by atomic mass is 10.0. The van der Waals surface area contributed by atoms with E-state index in [9.17, 15) is 0 Å². The predicted molar refractivity (Wildman–Crippen MR) is 72.2 cm³/mol. The maximum absolute atomic E-state index is 6.15. The van der Waals surface area contributed by atoms with E-state index < -0.39 is 0 Å². The standard InChI is InChI=1S/C15H10ClN/c16-14-8-4-7-13-12(9-10-17-15(13)14)11-5-2-1-3-6-11/h1-10H. The summed E-state index contributed by atoms with van der Waals surface area (Å²) in [5.74, 6) is 0. The van der Waals surface area contributed by atoms with Crippen molar-refractivity contribution in [3.8, 4) is 11.1 Å². The van der Waals surface area contributed by atoms with Crippen LogP contribution < -0.4 is 0 Å². The summed E-state index contributed by atoms with van der Waals surface area (Å²) in [6, 6.07) is 18.2. The fourth-order valence-electron chi connectivity index (χ4n) is 2.01. The molecule has 1 heterocycles. The Balaban J connectivity index is 2.35. The van der Waals surface area contributed by atoms with Crippen molar-refractivity contribution in [1.29, 1.82) is 0 Å². The molecule has 0 radical (unpaired) electrons. The first-order valence-corrected chi connectivity index (χ1v) is 5.83. The van der Waals surface area contributed by atoms with Crippen LogP contribution in [-0.2, 0) is 0 Å². The number of rotatable bonds is 1. The molecule has 0 aliphatic rings. The lowest BCUT2D eigenvalue weighted by Crippen LogP contribution is -1.84. The van der Waals surface area contributed by atoms with Gasteiger partial charge in [-0.25, -0.2) is 0 Å². The number of para-hydroxylation sites is 1. The molecule has 0 fully saturated rings. The van der Waals surface area contributed by atoms with Gasteiger partial charge in [-0.3, -0.25) is 4.98 Å². The Morgan fingerprint density at radius 1 is 0.824 bits per heavy atom. The molecule has 3 rings (SSSR count). The molecule has 0 N–H and O–H groups in total. The quantitative estimate of drug-likeness (QED) is 0.607. The van der Waals surface area contributed by atoms with E-state index in [1.807, 2.05) is 36.4 Å². The van der Waals surface area contributed by atoms with Gasteiger partial charge < -0.3 is 0 Å². The molecule has 2 aromatic carbocycles. The van der Waals surface area contributed by atoms with Crippen molar-refractivity contribution in [2.75, 3.05) is 0 Å². The van der Waals surface area contributed by atoms with Gasteiger partial charge in [0.25, 0.3) is 0 Å². The molecule has 0 atom stereocenters. The number of fused-ring (bicyclic) bond motifs is 1. The van der Waals surface area contributed by atoms with Gasteiger partial charge in [0.1, 0.15) is 0 Å². The number of hydrogen-bond acceptors (Lipinski definition) is 1. The molecule has 2 heteroatoms. The van der Waals surface area contributed by atoms with E-state index in [4.69, 9.17) is 11.6 Å². The maximum atomic E-state index is 6.15. The highest BCUT2D eigenvalue weighted by Gasteiger charge is 2.05. The summed E-state index contributed by atoms with van der Waals surface area (Å²) in [7, 11) is 0. The lowest BCUT2D eigenvalue weighted by molar-refractivity contribution is 1.41. The van der Waals surface area contributed by atoms with Gasteiger partial charge in [0.2, 0.25) is 0 Å². The molecule has 0 saturated heterocycles. The fraction of sp³-hybridized carbons (Fsp3) is 0. The van der Waals surface area contributed by atoms with Crippen LogP contribution in [0.4, 0.5) is 0 Å². The predicted octanol–water partition coefficient (Wildman–Crippen LogP) is 4.56. The second kappa shape index (κ2) is 4.19. The molecular weight excluding hydrogens is 230 g/mol. The van der Waals surface area contributed by atoms with Crippen molar-refractivity contribution in [3.63, 3.8) is 0 Å². The Morgan fingerprint density at radius 3 is 2.47 bits per heavy atom. The summed E-state index contributed by atoms with van der Waals surface area (Å²) in [5.41, 5.74) is 3.20. The lowest BCUT2D eigenvalue weighted by Gasteiger charge is -2.06. The van der Waals surface area contributed by atoms with E-state index >= 15 is 0 Å². The summed E-state index contributed by atoms with van der Waals surface area (Å²) in [4.78, 5) is 4.33. The number of aromatic nitrogens is 1. The highest BCUT2D eigenvalue weighted by molar-refractivity contribution is 6.35. The molecule has 0 saturated carbocycles. The van der Waals surface area contributed by atoms with Gasteiger partial charge in [0, 0.05) is 11.6 Å². The molecule has 82 valence electrons. The highest BCUT2D eigenvalue weighted by atomic mass is 35.5. The molecule has 0 amide bonds. The molecule has 0 unspecified atom stereocenters. The summed E-state index contributed by atoms with van der Waals surface area (Å²) in [5, 5.41) is 1.78. The Hall–Kier alpha value is -1.86. The number of nitrogens with zero attached hydrogens (tertiary/aromatic N) is 1. The normalized spacial score (nSPS) is 10.6. The summed E-state index contributed by atoms with van der Waals surface area (Å²) < 4.78 is 0. The van der Waals surface area contributed by atoms with Gasteiger partial charge in [0.15, 0.2) is 0 Å². The van der Waals surface area contributed by atoms with Crippen molar-refractivity contribution in [2.45, 2.75) is 0 Å². The Bertz CT molecular complexity index is 662. The number of pyridine rings is 1. The zero-order valence-corrected chi connectivity index (χ0v) is 9.85. The van der Waals surface area contributed by atoms with Gasteiger partial charge in [-0.1, -0.05) is 54.1 Å². The average molecular weight is 240 g/mol. The molecule has 0 bridgehead atoms. The van der Waals surface area contributed by atoms with Gasteiger partial charge in [0.05, 0.1) is 10.5 Å². The highest BCUT2D eigenvalue weighted by Crippen LogP contribution is 2.30. The summed E-state index contributed by atoms with van der Waals surface area (Å²) in [6.45, 7) is 0. The fourth-order valence-corrected chi connectivity index (χ4v) is 2.23. The molecule has 0 spiro atoms. The van der Waals surface area contributed by atoms with Crippen LogP contribution >= 0.6 is 11.6 Å². The van der Waals surface area contributed by atoms with Gasteiger partial charge in [-0.2, -0.15) is 0 Å². The first kappa shape index (κ1) is 10.3. The largest absolute Gasteiger partial charge is 0.255 e. The smallest absolute Gasteiger partial charge is 0.0894 e. The minimum Gasteiger partial charge on any atom is -0.255 e. The Morgan fingerprint density at radius 2 is 1.65 bits per heavy atom. The van der Waals surface area contributed by atoms with Crippen LogP contribution in [-0.4, -0.2) is 4.98 Å². The van der Waals surface area contributed by atoms with Crippen LogP contribution in [0.5, 0.6) is 0 Å². The van der Waals surface area contributed by atoms with E-state index in [-0.39, 0.29) is 0 Å². The van der Waals surface area contributed by atoms with Gasteiger partial charge >= 0.3 is 0 Å². The topological polar surface area (TPSA) is 12.9 Å². The van der Waals surface area contributed by atoms with Crippen molar-refractivity contribution in [1.82, 2.24) is 4.98 Å². The van der Waals surface area contributed by atoms with E-state index in [2.05, 4.69) is 23.2 Å². The van der Waals surface area contributed by atoms with E-state index in [0.29, 0.717) is 5.02 Å². The SMILES string of the molecule is Clc1cccc2c(-c3ccccc3)ccnc12. The molecule has 3 aromatic rings. The average Bonchev–Trinajstić information content (AvgIpc) is 2.40. The zero-order chi connectivity index (χ0) is 11.7. The first-order chi connectivity index (χ1) is 8.36. The molecule has 1 aromatic heterocycles. The van der Waals surface area contributed by atoms with E-state index in [1.54, 1.807) is 6.20 Å². The molecular formula is C15H10ClN. The van der Waals surface area contributed by atoms with Crippen molar-refractivity contribution in [3.05, 3.63) is 65.8 Å². The van der Waals surface area contributed by atoms with E-state index in [0.717, 1.165) is 16.5 Å². The Kier molecular flexibility index (Phi) is 2.54. The van der Waals surface area contributed by atoms with E-state index in [1.165, 1.54) is 5.56 Å². The minimum absolute atomic E-state index is 0.695. The summed E-state index contributed by atoms with van der Waals surface area (Å²) in [6.07, 6.45) is 1.80. The van der Waals surface area contributed by atoms with Crippen LogP contribution in [0.2, 0.25) is 5.02 Å². The second-order valence-corrected chi connectivity index (χ2v) is 4.27. The van der Waals surface area contributed by atoms with Crippen molar-refractivity contribution >= 4 is 22.5 Å². The third-order valence-electron chi connectivity index (χ3n) is 2.81. The maximum Gasteiger partial charge on any atom is 0.0894 e. The van der Waals surface area contributed by atoms with Crippen molar-refractivity contribution in [2.24, 2.45) is 0 Å². The molecule has 0 aliphatic carbocycles. The Labute approximate surface area is 105 Å². The first-order valence-electron chi connectivity index (χ1n) is 5.45. The van der Waals surface area contributed by atoms with Crippen LogP contribution in [0.3, 0.4) is 0 Å². The molecule has 1 nitrogen and oxygen atoms in total. The third kappa shape index (κ3) is 1.79. The van der Waals surface area contributed by atoms with Crippen LogP contribution in [0.25, 0.3) is 22.0 Å².